The Labute approximate surface area is 118 Å². The summed E-state index contributed by atoms with van der Waals surface area (Å²) in [5, 5.41) is 2.48. The van der Waals surface area contributed by atoms with Crippen LogP contribution in [0.5, 0.6) is 0 Å². The van der Waals surface area contributed by atoms with Gasteiger partial charge in [-0.2, -0.15) is 0 Å². The summed E-state index contributed by atoms with van der Waals surface area (Å²) < 4.78 is 0. The molecule has 3 aromatic carbocycles. The van der Waals surface area contributed by atoms with Crippen molar-refractivity contribution < 1.29 is 0 Å². The first-order chi connectivity index (χ1) is 9.85. The van der Waals surface area contributed by atoms with Crippen LogP contribution in [0.2, 0.25) is 0 Å². The smallest absolute Gasteiger partial charge is 0.0328 e. The highest BCUT2D eigenvalue weighted by molar-refractivity contribution is 6.17. The fourth-order valence-corrected chi connectivity index (χ4v) is 3.16. The molecule has 0 atom stereocenters. The maximum Gasteiger partial charge on any atom is 0.0328 e. The summed E-state index contributed by atoms with van der Waals surface area (Å²) in [6.07, 6.45) is 11.4. The third-order valence-electron chi connectivity index (χ3n) is 3.96. The highest BCUT2D eigenvalue weighted by Crippen LogP contribution is 2.49. The fourth-order valence-electron chi connectivity index (χ4n) is 3.16. The average molecular weight is 250 g/mol. The van der Waals surface area contributed by atoms with Crippen LogP contribution in [0.15, 0.2) is 48.5 Å². The summed E-state index contributed by atoms with van der Waals surface area (Å²) in [5.41, 5.74) is 6.41. The molecule has 20 heavy (non-hydrogen) atoms. The van der Waals surface area contributed by atoms with Crippen molar-refractivity contribution in [1.82, 2.24) is 0 Å². The van der Waals surface area contributed by atoms with Crippen molar-refractivity contribution in [3.63, 3.8) is 0 Å². The van der Waals surface area contributed by atoms with Crippen LogP contribution in [-0.4, -0.2) is 0 Å². The molecule has 0 saturated heterocycles. The van der Waals surface area contributed by atoms with Gasteiger partial charge in [-0.3, -0.25) is 0 Å². The van der Waals surface area contributed by atoms with Gasteiger partial charge in [0.1, 0.15) is 0 Å². The topological polar surface area (TPSA) is 0 Å². The Morgan fingerprint density at radius 2 is 1.15 bits per heavy atom. The molecule has 0 aromatic heterocycles. The lowest BCUT2D eigenvalue weighted by molar-refractivity contribution is 1.60. The maximum absolute atomic E-state index is 5.68. The van der Waals surface area contributed by atoms with Crippen molar-refractivity contribution in [2.45, 2.75) is 0 Å². The van der Waals surface area contributed by atoms with Gasteiger partial charge in [0.15, 0.2) is 0 Å². The normalized spacial score (nSPS) is 10.9. The number of benzene rings is 3. The zero-order valence-electron chi connectivity index (χ0n) is 10.8. The van der Waals surface area contributed by atoms with E-state index >= 15 is 0 Å². The molecule has 0 saturated carbocycles. The van der Waals surface area contributed by atoms with Crippen LogP contribution in [-0.2, 0) is 0 Å². The van der Waals surface area contributed by atoms with E-state index in [1.54, 1.807) is 0 Å². The van der Waals surface area contributed by atoms with Gasteiger partial charge in [-0.15, -0.1) is 12.8 Å². The Bertz CT molecular complexity index is 884. The summed E-state index contributed by atoms with van der Waals surface area (Å²) in [6, 6.07) is 16.5. The molecule has 4 rings (SSSR count). The molecule has 0 nitrogen and oxygen atoms in total. The van der Waals surface area contributed by atoms with Gasteiger partial charge in [0.05, 0.1) is 0 Å². The molecule has 0 fully saturated rings. The molecular formula is C20H10. The van der Waals surface area contributed by atoms with Crippen LogP contribution in [0, 0.1) is 24.7 Å². The largest absolute Gasteiger partial charge is 0.115 e. The van der Waals surface area contributed by atoms with E-state index in [0.29, 0.717) is 0 Å². The summed E-state index contributed by atoms with van der Waals surface area (Å²) in [7, 11) is 0. The molecule has 3 aromatic rings. The minimum Gasteiger partial charge on any atom is -0.115 e. The first-order valence-electron chi connectivity index (χ1n) is 6.48. The van der Waals surface area contributed by atoms with Crippen molar-refractivity contribution in [3.8, 4) is 46.9 Å². The van der Waals surface area contributed by atoms with E-state index in [-0.39, 0.29) is 0 Å². The molecule has 0 amide bonds. The van der Waals surface area contributed by atoms with Gasteiger partial charge in [0.25, 0.3) is 0 Å². The van der Waals surface area contributed by atoms with Crippen LogP contribution in [0.1, 0.15) is 11.1 Å². The van der Waals surface area contributed by atoms with E-state index in [4.69, 9.17) is 12.8 Å². The second kappa shape index (κ2) is 3.77. The Kier molecular flexibility index (Phi) is 2.06. The van der Waals surface area contributed by atoms with Crippen molar-refractivity contribution in [3.05, 3.63) is 59.7 Å². The highest BCUT2D eigenvalue weighted by Gasteiger charge is 2.25. The lowest BCUT2D eigenvalue weighted by Gasteiger charge is -2.07. The minimum atomic E-state index is 0.905. The van der Waals surface area contributed by atoms with E-state index in [1.807, 2.05) is 12.1 Å². The number of terminal acetylenes is 2. The summed E-state index contributed by atoms with van der Waals surface area (Å²) in [6.45, 7) is 0. The van der Waals surface area contributed by atoms with Crippen LogP contribution in [0.3, 0.4) is 0 Å². The summed E-state index contributed by atoms with van der Waals surface area (Å²) in [4.78, 5) is 0. The van der Waals surface area contributed by atoms with Gasteiger partial charge in [-0.25, -0.2) is 0 Å². The quantitative estimate of drug-likeness (QED) is 0.404. The molecule has 1 aliphatic rings. The molecule has 0 aliphatic heterocycles. The Balaban J connectivity index is 2.31. The molecule has 0 spiro atoms. The first kappa shape index (κ1) is 10.9. The molecule has 90 valence electrons. The molecule has 0 radical (unpaired) electrons. The molecule has 1 aliphatic carbocycles. The van der Waals surface area contributed by atoms with Crippen molar-refractivity contribution in [2.24, 2.45) is 0 Å². The fraction of sp³-hybridized carbons (Fsp3) is 0. The van der Waals surface area contributed by atoms with Gasteiger partial charge >= 0.3 is 0 Å². The van der Waals surface area contributed by atoms with E-state index in [9.17, 15) is 0 Å². The van der Waals surface area contributed by atoms with Gasteiger partial charge in [0.2, 0.25) is 0 Å². The van der Waals surface area contributed by atoms with Gasteiger partial charge in [-0.1, -0.05) is 48.2 Å². The molecule has 0 heterocycles. The maximum atomic E-state index is 5.68. The average Bonchev–Trinajstić information content (AvgIpc) is 2.85. The van der Waals surface area contributed by atoms with Gasteiger partial charge < -0.3 is 0 Å². The minimum absolute atomic E-state index is 0.905. The van der Waals surface area contributed by atoms with Crippen LogP contribution in [0.25, 0.3) is 33.0 Å². The van der Waals surface area contributed by atoms with E-state index < -0.39 is 0 Å². The van der Waals surface area contributed by atoms with E-state index in [1.165, 1.54) is 21.9 Å². The van der Waals surface area contributed by atoms with Gasteiger partial charge in [0, 0.05) is 22.3 Å². The standard InChI is InChI=1S/C20H10/c1-3-13-11-12-14(4-2)20-17-10-6-8-15-7-5-9-16(18(15)17)19(13)20/h1-2,5-12H. The second-order valence-electron chi connectivity index (χ2n) is 4.91. The van der Waals surface area contributed by atoms with Crippen LogP contribution in [0.4, 0.5) is 0 Å². The molecule has 0 heteroatoms. The Morgan fingerprint density at radius 1 is 0.650 bits per heavy atom. The lowest BCUT2D eigenvalue weighted by atomic mass is 9.94. The lowest BCUT2D eigenvalue weighted by Crippen LogP contribution is -1.88. The Morgan fingerprint density at radius 3 is 1.60 bits per heavy atom. The summed E-state index contributed by atoms with van der Waals surface area (Å²) >= 11 is 0. The SMILES string of the molecule is C#Cc1ccc(C#C)c2c1-c1cccc3cccc-2c13. The number of hydrogen-bond acceptors (Lipinski definition) is 0. The third-order valence-corrected chi connectivity index (χ3v) is 3.96. The predicted octanol–water partition coefficient (Wildman–Crippen LogP) is 4.45. The molecule has 0 unspecified atom stereocenters. The molecule has 0 bridgehead atoms. The van der Waals surface area contributed by atoms with Crippen LogP contribution < -0.4 is 0 Å². The zero-order valence-corrected chi connectivity index (χ0v) is 10.8. The van der Waals surface area contributed by atoms with Crippen molar-refractivity contribution >= 4 is 10.8 Å². The van der Waals surface area contributed by atoms with Crippen molar-refractivity contribution in [1.29, 1.82) is 0 Å². The second-order valence-corrected chi connectivity index (χ2v) is 4.91. The van der Waals surface area contributed by atoms with Crippen LogP contribution >= 0.6 is 0 Å². The van der Waals surface area contributed by atoms with Crippen molar-refractivity contribution in [2.75, 3.05) is 0 Å². The zero-order chi connectivity index (χ0) is 13.7. The predicted molar refractivity (Wildman–Crippen MR) is 84.2 cm³/mol. The summed E-state index contributed by atoms with van der Waals surface area (Å²) in [5.74, 6) is 5.58. The van der Waals surface area contributed by atoms with Gasteiger partial charge in [-0.05, 0) is 34.0 Å². The molecular weight excluding hydrogens is 240 g/mol. The van der Waals surface area contributed by atoms with E-state index in [0.717, 1.165) is 22.3 Å². The first-order valence-corrected chi connectivity index (χ1v) is 6.48. The van der Waals surface area contributed by atoms with E-state index in [2.05, 4.69) is 48.2 Å². The third kappa shape index (κ3) is 1.18. The number of rotatable bonds is 0. The Hall–Kier alpha value is -2.96. The number of hydrogen-bond donors (Lipinski definition) is 0. The molecule has 0 N–H and O–H groups in total. The number of fused-ring (bicyclic) bond motifs is 3. The highest BCUT2D eigenvalue weighted by atomic mass is 14.3. The monoisotopic (exact) mass is 250 g/mol.